The van der Waals surface area contributed by atoms with E-state index in [4.69, 9.17) is 4.74 Å². The molecule has 1 N–H and O–H groups in total. The first-order chi connectivity index (χ1) is 9.58. The molecular weight excluding hydrogens is 257 g/mol. The van der Waals surface area contributed by atoms with Gasteiger partial charge in [-0.3, -0.25) is 0 Å². The van der Waals surface area contributed by atoms with Crippen molar-refractivity contribution in [2.45, 2.75) is 19.8 Å². The molecule has 1 heterocycles. The fraction of sp³-hybridized carbons (Fsp3) is 0.333. The van der Waals surface area contributed by atoms with Gasteiger partial charge in [0.05, 0.1) is 12.8 Å². The van der Waals surface area contributed by atoms with Crippen LogP contribution in [0.25, 0.3) is 11.3 Å². The van der Waals surface area contributed by atoms with Crippen LogP contribution in [0.4, 0.5) is 10.2 Å². The summed E-state index contributed by atoms with van der Waals surface area (Å²) in [5, 5.41) is 3.05. The SMILES string of the molecule is CNc1ncnc(-c2ccc(OC)c(F)c2)c1C(C)C. The number of hydrogen-bond acceptors (Lipinski definition) is 4. The predicted molar refractivity (Wildman–Crippen MR) is 77.6 cm³/mol. The molecule has 0 saturated carbocycles. The van der Waals surface area contributed by atoms with Crippen LogP contribution in [0.1, 0.15) is 25.3 Å². The molecule has 106 valence electrons. The van der Waals surface area contributed by atoms with Crippen molar-refractivity contribution in [2.24, 2.45) is 0 Å². The fourth-order valence-electron chi connectivity index (χ4n) is 2.19. The van der Waals surface area contributed by atoms with Crippen molar-refractivity contribution in [1.82, 2.24) is 9.97 Å². The van der Waals surface area contributed by atoms with Crippen LogP contribution in [-0.4, -0.2) is 24.1 Å². The van der Waals surface area contributed by atoms with Crippen LogP contribution in [0.15, 0.2) is 24.5 Å². The minimum Gasteiger partial charge on any atom is -0.494 e. The highest BCUT2D eigenvalue weighted by Crippen LogP contribution is 2.33. The number of nitrogens with one attached hydrogen (secondary N) is 1. The lowest BCUT2D eigenvalue weighted by molar-refractivity contribution is 0.386. The van der Waals surface area contributed by atoms with Gasteiger partial charge in [-0.05, 0) is 24.1 Å². The smallest absolute Gasteiger partial charge is 0.165 e. The van der Waals surface area contributed by atoms with Gasteiger partial charge < -0.3 is 10.1 Å². The molecule has 2 rings (SSSR count). The summed E-state index contributed by atoms with van der Waals surface area (Å²) in [7, 11) is 3.26. The number of nitrogens with zero attached hydrogens (tertiary/aromatic N) is 2. The topological polar surface area (TPSA) is 47.0 Å². The molecule has 0 bridgehead atoms. The van der Waals surface area contributed by atoms with E-state index in [0.29, 0.717) is 5.56 Å². The van der Waals surface area contributed by atoms with E-state index in [1.54, 1.807) is 12.1 Å². The van der Waals surface area contributed by atoms with E-state index in [-0.39, 0.29) is 11.7 Å². The monoisotopic (exact) mass is 275 g/mol. The first kappa shape index (κ1) is 14.2. The van der Waals surface area contributed by atoms with Crippen molar-refractivity contribution in [1.29, 1.82) is 0 Å². The quantitative estimate of drug-likeness (QED) is 0.928. The molecule has 0 spiro atoms. The zero-order valence-corrected chi connectivity index (χ0v) is 12.1. The van der Waals surface area contributed by atoms with Crippen LogP contribution in [0.5, 0.6) is 5.75 Å². The minimum atomic E-state index is -0.399. The van der Waals surface area contributed by atoms with Crippen LogP contribution in [-0.2, 0) is 0 Å². The van der Waals surface area contributed by atoms with Gasteiger partial charge in [0.15, 0.2) is 11.6 Å². The lowest BCUT2D eigenvalue weighted by Crippen LogP contribution is -2.04. The molecule has 0 fully saturated rings. The molecular formula is C15H18FN3O. The number of halogens is 1. The van der Waals surface area contributed by atoms with E-state index in [1.165, 1.54) is 19.5 Å². The summed E-state index contributed by atoms with van der Waals surface area (Å²) >= 11 is 0. The minimum absolute atomic E-state index is 0.221. The summed E-state index contributed by atoms with van der Waals surface area (Å²) in [6, 6.07) is 4.85. The Bertz CT molecular complexity index is 614. The average Bonchev–Trinajstić information content (AvgIpc) is 2.46. The number of benzene rings is 1. The van der Waals surface area contributed by atoms with E-state index >= 15 is 0 Å². The van der Waals surface area contributed by atoms with E-state index in [0.717, 1.165) is 17.1 Å². The van der Waals surface area contributed by atoms with Gasteiger partial charge in [0, 0.05) is 18.2 Å². The largest absolute Gasteiger partial charge is 0.494 e. The first-order valence-electron chi connectivity index (χ1n) is 6.45. The van der Waals surface area contributed by atoms with E-state index in [9.17, 15) is 4.39 Å². The van der Waals surface area contributed by atoms with Crippen LogP contribution in [0, 0.1) is 5.82 Å². The molecule has 0 atom stereocenters. The molecule has 2 aromatic rings. The maximum atomic E-state index is 13.9. The second kappa shape index (κ2) is 5.86. The lowest BCUT2D eigenvalue weighted by atomic mass is 9.97. The maximum Gasteiger partial charge on any atom is 0.165 e. The second-order valence-corrected chi connectivity index (χ2v) is 4.74. The van der Waals surface area contributed by atoms with Crippen molar-refractivity contribution in [3.8, 4) is 17.0 Å². The van der Waals surface area contributed by atoms with Crippen LogP contribution in [0.3, 0.4) is 0 Å². The van der Waals surface area contributed by atoms with Gasteiger partial charge in [-0.25, -0.2) is 14.4 Å². The molecule has 0 aliphatic rings. The van der Waals surface area contributed by atoms with Crippen molar-refractivity contribution in [3.05, 3.63) is 35.9 Å². The van der Waals surface area contributed by atoms with Crippen LogP contribution >= 0.6 is 0 Å². The lowest BCUT2D eigenvalue weighted by Gasteiger charge is -2.16. The number of ether oxygens (including phenoxy) is 1. The molecule has 4 nitrogen and oxygen atoms in total. The molecule has 0 unspecified atom stereocenters. The summed E-state index contributed by atoms with van der Waals surface area (Å²) < 4.78 is 18.8. The zero-order chi connectivity index (χ0) is 14.7. The molecule has 20 heavy (non-hydrogen) atoms. The van der Waals surface area contributed by atoms with Crippen molar-refractivity contribution >= 4 is 5.82 Å². The molecule has 1 aromatic carbocycles. The first-order valence-corrected chi connectivity index (χ1v) is 6.45. The van der Waals surface area contributed by atoms with E-state index in [1.807, 2.05) is 7.05 Å². The summed E-state index contributed by atoms with van der Waals surface area (Å²) in [5.74, 6) is 0.812. The Morgan fingerprint density at radius 3 is 2.55 bits per heavy atom. The molecule has 0 amide bonds. The van der Waals surface area contributed by atoms with Gasteiger partial charge in [0.2, 0.25) is 0 Å². The maximum absolute atomic E-state index is 13.9. The molecule has 0 radical (unpaired) electrons. The van der Waals surface area contributed by atoms with E-state index < -0.39 is 5.82 Å². The van der Waals surface area contributed by atoms with Gasteiger partial charge in [-0.1, -0.05) is 13.8 Å². The highest BCUT2D eigenvalue weighted by molar-refractivity contribution is 5.69. The summed E-state index contributed by atoms with van der Waals surface area (Å²) in [5.41, 5.74) is 2.42. The number of methoxy groups -OCH3 is 1. The van der Waals surface area contributed by atoms with Gasteiger partial charge in [0.1, 0.15) is 12.1 Å². The van der Waals surface area contributed by atoms with Crippen molar-refractivity contribution < 1.29 is 9.13 Å². The fourth-order valence-corrected chi connectivity index (χ4v) is 2.19. The highest BCUT2D eigenvalue weighted by atomic mass is 19.1. The molecule has 0 aliphatic carbocycles. The average molecular weight is 275 g/mol. The second-order valence-electron chi connectivity index (χ2n) is 4.74. The van der Waals surface area contributed by atoms with E-state index in [2.05, 4.69) is 29.1 Å². The Labute approximate surface area is 118 Å². The number of rotatable bonds is 4. The summed E-state index contributed by atoms with van der Waals surface area (Å²) in [6.07, 6.45) is 1.48. The Morgan fingerprint density at radius 2 is 2.00 bits per heavy atom. The number of aromatic nitrogens is 2. The standard InChI is InChI=1S/C15H18FN3O/c1-9(2)13-14(18-8-19-15(13)17-3)10-5-6-12(20-4)11(16)7-10/h5-9H,1-4H3,(H,17,18,19). The molecule has 1 aromatic heterocycles. The number of hydrogen-bond donors (Lipinski definition) is 1. The number of anilines is 1. The predicted octanol–water partition coefficient (Wildman–Crippen LogP) is 3.46. The van der Waals surface area contributed by atoms with Crippen molar-refractivity contribution in [2.75, 3.05) is 19.5 Å². The Hall–Kier alpha value is -2.17. The van der Waals surface area contributed by atoms with Gasteiger partial charge in [-0.2, -0.15) is 0 Å². The molecule has 0 aliphatic heterocycles. The Balaban J connectivity index is 2.60. The third-order valence-electron chi connectivity index (χ3n) is 3.12. The van der Waals surface area contributed by atoms with Gasteiger partial charge >= 0.3 is 0 Å². The van der Waals surface area contributed by atoms with Crippen LogP contribution < -0.4 is 10.1 Å². The third-order valence-corrected chi connectivity index (χ3v) is 3.12. The zero-order valence-electron chi connectivity index (χ0n) is 12.1. The molecule has 5 heteroatoms. The molecule has 0 saturated heterocycles. The highest BCUT2D eigenvalue weighted by Gasteiger charge is 2.16. The van der Waals surface area contributed by atoms with Gasteiger partial charge in [-0.15, -0.1) is 0 Å². The summed E-state index contributed by atoms with van der Waals surface area (Å²) in [4.78, 5) is 8.54. The van der Waals surface area contributed by atoms with Crippen molar-refractivity contribution in [3.63, 3.8) is 0 Å². The normalized spacial score (nSPS) is 10.7. The Kier molecular flexibility index (Phi) is 4.17. The Morgan fingerprint density at radius 1 is 1.25 bits per heavy atom. The van der Waals surface area contributed by atoms with Gasteiger partial charge in [0.25, 0.3) is 0 Å². The third kappa shape index (κ3) is 2.57. The summed E-state index contributed by atoms with van der Waals surface area (Å²) in [6.45, 7) is 4.12. The van der Waals surface area contributed by atoms with Crippen LogP contribution in [0.2, 0.25) is 0 Å².